The first-order valence-electron chi connectivity index (χ1n) is 6.92. The van der Waals surface area contributed by atoms with E-state index in [1.807, 2.05) is 0 Å². The van der Waals surface area contributed by atoms with E-state index in [4.69, 9.17) is 9.84 Å². The van der Waals surface area contributed by atoms with Gasteiger partial charge >= 0.3 is 5.97 Å². The molecule has 0 unspecified atom stereocenters. The SMILES string of the molecule is O=C(O)c1cccc([N+](=O)[O-])c1NCCCOCC1CC1. The molecule has 1 aromatic carbocycles. The molecule has 0 heterocycles. The number of nitro groups is 1. The molecule has 0 aromatic heterocycles. The van der Waals surface area contributed by atoms with E-state index in [-0.39, 0.29) is 16.9 Å². The molecule has 7 nitrogen and oxygen atoms in total. The van der Waals surface area contributed by atoms with Gasteiger partial charge in [0.1, 0.15) is 5.69 Å². The first-order valence-corrected chi connectivity index (χ1v) is 6.92. The van der Waals surface area contributed by atoms with Gasteiger partial charge < -0.3 is 15.2 Å². The molecular weight excluding hydrogens is 276 g/mol. The van der Waals surface area contributed by atoms with E-state index in [9.17, 15) is 14.9 Å². The number of anilines is 1. The van der Waals surface area contributed by atoms with Crippen LogP contribution in [0.4, 0.5) is 11.4 Å². The quantitative estimate of drug-likeness (QED) is 0.412. The molecule has 0 aliphatic heterocycles. The summed E-state index contributed by atoms with van der Waals surface area (Å²) in [5.41, 5.74) is -0.269. The number of benzene rings is 1. The fourth-order valence-corrected chi connectivity index (χ4v) is 1.98. The second kappa shape index (κ2) is 7.03. The third-order valence-electron chi connectivity index (χ3n) is 3.29. The summed E-state index contributed by atoms with van der Waals surface area (Å²) in [6, 6.07) is 4.01. The van der Waals surface area contributed by atoms with Crippen molar-refractivity contribution in [3.8, 4) is 0 Å². The maximum atomic E-state index is 11.1. The highest BCUT2D eigenvalue weighted by Gasteiger charge is 2.22. The molecule has 1 fully saturated rings. The Morgan fingerprint density at radius 1 is 1.48 bits per heavy atom. The molecular formula is C14H18N2O5. The third-order valence-corrected chi connectivity index (χ3v) is 3.29. The lowest BCUT2D eigenvalue weighted by Crippen LogP contribution is -2.12. The molecule has 1 saturated carbocycles. The number of ether oxygens (including phenoxy) is 1. The summed E-state index contributed by atoms with van der Waals surface area (Å²) >= 11 is 0. The lowest BCUT2D eigenvalue weighted by molar-refractivity contribution is -0.384. The van der Waals surface area contributed by atoms with E-state index in [0.717, 1.165) is 6.61 Å². The number of aromatic carboxylic acids is 1. The maximum Gasteiger partial charge on any atom is 0.338 e. The molecule has 7 heteroatoms. The molecule has 1 aliphatic rings. The van der Waals surface area contributed by atoms with Crippen molar-refractivity contribution < 1.29 is 19.6 Å². The molecule has 1 aromatic rings. The highest BCUT2D eigenvalue weighted by molar-refractivity contribution is 5.96. The smallest absolute Gasteiger partial charge is 0.338 e. The van der Waals surface area contributed by atoms with Crippen LogP contribution < -0.4 is 5.32 Å². The van der Waals surface area contributed by atoms with E-state index in [0.29, 0.717) is 25.5 Å². The molecule has 2 rings (SSSR count). The number of carboxylic acid groups (broad SMARTS) is 1. The van der Waals surface area contributed by atoms with Gasteiger partial charge in [0.05, 0.1) is 10.5 Å². The minimum Gasteiger partial charge on any atom is -0.478 e. The molecule has 114 valence electrons. The topological polar surface area (TPSA) is 102 Å². The van der Waals surface area contributed by atoms with Crippen LogP contribution in [0.2, 0.25) is 0 Å². The summed E-state index contributed by atoms with van der Waals surface area (Å²) in [5, 5.41) is 22.9. The molecule has 0 amide bonds. The fourth-order valence-electron chi connectivity index (χ4n) is 1.98. The summed E-state index contributed by atoms with van der Waals surface area (Å²) in [5.74, 6) is -0.488. The van der Waals surface area contributed by atoms with Crippen LogP contribution >= 0.6 is 0 Å². The van der Waals surface area contributed by atoms with Gasteiger partial charge in [-0.15, -0.1) is 0 Å². The number of carboxylic acids is 1. The van der Waals surface area contributed by atoms with Crippen LogP contribution in [0.15, 0.2) is 18.2 Å². The lowest BCUT2D eigenvalue weighted by Gasteiger charge is -2.10. The summed E-state index contributed by atoms with van der Waals surface area (Å²) in [6.07, 6.45) is 3.13. The van der Waals surface area contributed by atoms with E-state index >= 15 is 0 Å². The van der Waals surface area contributed by atoms with Crippen molar-refractivity contribution in [1.29, 1.82) is 0 Å². The largest absolute Gasteiger partial charge is 0.478 e. The Balaban J connectivity index is 1.90. The zero-order valence-corrected chi connectivity index (χ0v) is 11.6. The molecule has 0 atom stereocenters. The number of hydrogen-bond donors (Lipinski definition) is 2. The van der Waals surface area contributed by atoms with Crippen LogP contribution in [-0.4, -0.2) is 35.8 Å². The number of nitrogens with zero attached hydrogens (tertiary/aromatic N) is 1. The van der Waals surface area contributed by atoms with Crippen molar-refractivity contribution in [1.82, 2.24) is 0 Å². The number of para-hydroxylation sites is 1. The minimum absolute atomic E-state index is 0.0530. The monoisotopic (exact) mass is 294 g/mol. The van der Waals surface area contributed by atoms with E-state index in [1.165, 1.54) is 31.0 Å². The predicted molar refractivity (Wildman–Crippen MR) is 76.7 cm³/mol. The second-order valence-electron chi connectivity index (χ2n) is 5.06. The molecule has 0 saturated heterocycles. The molecule has 2 N–H and O–H groups in total. The van der Waals surface area contributed by atoms with Gasteiger partial charge in [-0.05, 0) is 31.2 Å². The van der Waals surface area contributed by atoms with Crippen molar-refractivity contribution >= 4 is 17.3 Å². The van der Waals surface area contributed by atoms with Gasteiger partial charge in [-0.3, -0.25) is 10.1 Å². The number of nitrogens with one attached hydrogen (secondary N) is 1. The van der Waals surface area contributed by atoms with Crippen molar-refractivity contribution in [2.45, 2.75) is 19.3 Å². The molecule has 0 spiro atoms. The number of rotatable bonds is 9. The maximum absolute atomic E-state index is 11.1. The standard InChI is InChI=1S/C14H18N2O5/c17-14(18)11-3-1-4-12(16(19)20)13(11)15-7-2-8-21-9-10-5-6-10/h1,3-4,10,15H,2,5-9H2,(H,17,18). The molecule has 21 heavy (non-hydrogen) atoms. The zero-order chi connectivity index (χ0) is 15.2. The number of carbonyl (C=O) groups is 1. The molecule has 0 radical (unpaired) electrons. The Hall–Kier alpha value is -2.15. The summed E-state index contributed by atoms with van der Waals surface area (Å²) in [7, 11) is 0. The fraction of sp³-hybridized carbons (Fsp3) is 0.500. The Morgan fingerprint density at radius 2 is 2.24 bits per heavy atom. The van der Waals surface area contributed by atoms with Crippen LogP contribution in [0.25, 0.3) is 0 Å². The van der Waals surface area contributed by atoms with Gasteiger partial charge in [-0.1, -0.05) is 6.07 Å². The van der Waals surface area contributed by atoms with E-state index in [1.54, 1.807) is 0 Å². The van der Waals surface area contributed by atoms with Crippen LogP contribution in [0.3, 0.4) is 0 Å². The Labute approximate surface area is 122 Å². The van der Waals surface area contributed by atoms with Gasteiger partial charge in [0.15, 0.2) is 0 Å². The highest BCUT2D eigenvalue weighted by Crippen LogP contribution is 2.29. The number of hydrogen-bond acceptors (Lipinski definition) is 5. The average molecular weight is 294 g/mol. The Kier molecular flexibility index (Phi) is 5.10. The van der Waals surface area contributed by atoms with Crippen molar-refractivity contribution in [2.24, 2.45) is 5.92 Å². The predicted octanol–water partition coefficient (Wildman–Crippen LogP) is 2.52. The van der Waals surface area contributed by atoms with Gasteiger partial charge in [-0.25, -0.2) is 4.79 Å². The first-order chi connectivity index (χ1) is 10.1. The van der Waals surface area contributed by atoms with Gasteiger partial charge in [0, 0.05) is 25.8 Å². The zero-order valence-electron chi connectivity index (χ0n) is 11.6. The van der Waals surface area contributed by atoms with Crippen molar-refractivity contribution in [3.63, 3.8) is 0 Å². The number of nitro benzene ring substituents is 1. The lowest BCUT2D eigenvalue weighted by atomic mass is 10.1. The third kappa shape index (κ3) is 4.42. The summed E-state index contributed by atoms with van der Waals surface area (Å²) in [4.78, 5) is 21.5. The summed E-state index contributed by atoms with van der Waals surface area (Å²) in [6.45, 7) is 1.76. The Morgan fingerprint density at radius 3 is 2.86 bits per heavy atom. The second-order valence-corrected chi connectivity index (χ2v) is 5.06. The van der Waals surface area contributed by atoms with Gasteiger partial charge in [-0.2, -0.15) is 0 Å². The van der Waals surface area contributed by atoms with Gasteiger partial charge in [0.25, 0.3) is 5.69 Å². The van der Waals surface area contributed by atoms with Crippen LogP contribution in [0, 0.1) is 16.0 Å². The van der Waals surface area contributed by atoms with Crippen LogP contribution in [-0.2, 0) is 4.74 Å². The summed E-state index contributed by atoms with van der Waals surface area (Å²) < 4.78 is 5.46. The van der Waals surface area contributed by atoms with Gasteiger partial charge in [0.2, 0.25) is 0 Å². The average Bonchev–Trinajstić information content (AvgIpc) is 3.26. The molecule has 0 bridgehead atoms. The minimum atomic E-state index is -1.19. The van der Waals surface area contributed by atoms with Crippen molar-refractivity contribution in [2.75, 3.05) is 25.1 Å². The van der Waals surface area contributed by atoms with Crippen LogP contribution in [0.1, 0.15) is 29.6 Å². The first kappa shape index (κ1) is 15.2. The van der Waals surface area contributed by atoms with Crippen LogP contribution in [0.5, 0.6) is 0 Å². The molecule has 1 aliphatic carbocycles. The highest BCUT2D eigenvalue weighted by atomic mass is 16.6. The van der Waals surface area contributed by atoms with E-state index in [2.05, 4.69) is 5.32 Å². The Bertz CT molecular complexity index is 496. The van der Waals surface area contributed by atoms with E-state index < -0.39 is 10.9 Å². The normalized spacial score (nSPS) is 13.9. The van der Waals surface area contributed by atoms with Crippen molar-refractivity contribution in [3.05, 3.63) is 33.9 Å².